The number of aryl methyl sites for hydroxylation is 1. The molecule has 2 rings (SSSR count). The standard InChI is InChI=1S/C12H11IN2O2S/c1-9-4-5-10(13)7-12(9)15-18(16,17)11-3-2-6-14-8-11/h2-8,15H,1H3. The van der Waals surface area contributed by atoms with Gasteiger partial charge < -0.3 is 0 Å². The first kappa shape index (κ1) is 13.3. The minimum absolute atomic E-state index is 0.156. The predicted molar refractivity (Wildman–Crippen MR) is 78.9 cm³/mol. The molecule has 4 nitrogen and oxygen atoms in total. The summed E-state index contributed by atoms with van der Waals surface area (Å²) in [5.74, 6) is 0. The third-order valence-corrected chi connectivity index (χ3v) is 4.41. The van der Waals surface area contributed by atoms with E-state index in [0.29, 0.717) is 5.69 Å². The normalized spacial score (nSPS) is 11.2. The quantitative estimate of drug-likeness (QED) is 0.841. The largest absolute Gasteiger partial charge is 0.279 e. The van der Waals surface area contributed by atoms with Gasteiger partial charge in [-0.3, -0.25) is 9.71 Å². The van der Waals surface area contributed by atoms with E-state index in [0.717, 1.165) is 9.13 Å². The number of anilines is 1. The zero-order valence-electron chi connectivity index (χ0n) is 9.59. The highest BCUT2D eigenvalue weighted by atomic mass is 127. The first-order chi connectivity index (χ1) is 8.49. The van der Waals surface area contributed by atoms with E-state index in [1.54, 1.807) is 12.1 Å². The van der Waals surface area contributed by atoms with Gasteiger partial charge in [-0.15, -0.1) is 0 Å². The third kappa shape index (κ3) is 2.99. The first-order valence-corrected chi connectivity index (χ1v) is 7.74. The molecule has 0 aliphatic carbocycles. The summed E-state index contributed by atoms with van der Waals surface area (Å²) >= 11 is 2.14. The lowest BCUT2D eigenvalue weighted by molar-refractivity contribution is 0.601. The molecule has 0 radical (unpaired) electrons. The molecule has 94 valence electrons. The second-order valence-electron chi connectivity index (χ2n) is 3.75. The van der Waals surface area contributed by atoms with Gasteiger partial charge in [0.1, 0.15) is 4.90 Å². The first-order valence-electron chi connectivity index (χ1n) is 5.18. The Morgan fingerprint density at radius 3 is 2.72 bits per heavy atom. The van der Waals surface area contributed by atoms with Crippen molar-refractivity contribution in [1.29, 1.82) is 0 Å². The highest BCUT2D eigenvalue weighted by molar-refractivity contribution is 14.1. The Labute approximate surface area is 120 Å². The fourth-order valence-electron chi connectivity index (χ4n) is 1.41. The summed E-state index contributed by atoms with van der Waals surface area (Å²) in [4.78, 5) is 3.97. The lowest BCUT2D eigenvalue weighted by Crippen LogP contribution is -2.14. The van der Waals surface area contributed by atoms with Crippen molar-refractivity contribution in [2.24, 2.45) is 0 Å². The van der Waals surface area contributed by atoms with Gasteiger partial charge in [-0.1, -0.05) is 6.07 Å². The molecule has 0 aliphatic rings. The molecule has 1 N–H and O–H groups in total. The van der Waals surface area contributed by atoms with Gasteiger partial charge in [-0.2, -0.15) is 0 Å². The molecule has 0 fully saturated rings. The van der Waals surface area contributed by atoms with Crippen molar-refractivity contribution in [2.75, 3.05) is 4.72 Å². The number of aromatic nitrogens is 1. The summed E-state index contributed by atoms with van der Waals surface area (Å²) in [7, 11) is -3.57. The highest BCUT2D eigenvalue weighted by Gasteiger charge is 2.15. The maximum atomic E-state index is 12.1. The molecular formula is C12H11IN2O2S. The molecule has 2 aromatic rings. The fraction of sp³-hybridized carbons (Fsp3) is 0.0833. The third-order valence-electron chi connectivity index (χ3n) is 2.39. The smallest absolute Gasteiger partial charge is 0.263 e. The maximum Gasteiger partial charge on any atom is 0.263 e. The number of rotatable bonds is 3. The number of sulfonamides is 1. The van der Waals surface area contributed by atoms with E-state index in [2.05, 4.69) is 32.3 Å². The van der Waals surface area contributed by atoms with Gasteiger partial charge in [0, 0.05) is 16.0 Å². The van der Waals surface area contributed by atoms with Crippen molar-refractivity contribution in [3.8, 4) is 0 Å². The molecule has 0 bridgehead atoms. The molecule has 0 saturated carbocycles. The van der Waals surface area contributed by atoms with Crippen LogP contribution in [0.1, 0.15) is 5.56 Å². The van der Waals surface area contributed by atoms with Gasteiger partial charge in [0.05, 0.1) is 5.69 Å². The van der Waals surface area contributed by atoms with E-state index in [9.17, 15) is 8.42 Å². The monoisotopic (exact) mass is 374 g/mol. The zero-order valence-corrected chi connectivity index (χ0v) is 12.6. The van der Waals surface area contributed by atoms with Crippen LogP contribution < -0.4 is 4.72 Å². The molecule has 0 unspecified atom stereocenters. The average molecular weight is 374 g/mol. The molecule has 1 aromatic heterocycles. The lowest BCUT2D eigenvalue weighted by Gasteiger charge is -2.10. The molecule has 0 aliphatic heterocycles. The maximum absolute atomic E-state index is 12.1. The topological polar surface area (TPSA) is 59.1 Å². The summed E-state index contributed by atoms with van der Waals surface area (Å²) in [6.07, 6.45) is 2.86. The van der Waals surface area contributed by atoms with Crippen LogP contribution in [-0.4, -0.2) is 13.4 Å². The van der Waals surface area contributed by atoms with Crippen molar-refractivity contribution < 1.29 is 8.42 Å². The second-order valence-corrected chi connectivity index (χ2v) is 6.68. The van der Waals surface area contributed by atoms with Crippen LogP contribution in [0.4, 0.5) is 5.69 Å². The van der Waals surface area contributed by atoms with Gasteiger partial charge in [0.15, 0.2) is 0 Å². The number of benzene rings is 1. The van der Waals surface area contributed by atoms with Crippen LogP contribution in [0.2, 0.25) is 0 Å². The number of nitrogens with zero attached hydrogens (tertiary/aromatic N) is 1. The Balaban J connectivity index is 2.37. The molecule has 1 aromatic carbocycles. The Kier molecular flexibility index (Phi) is 3.86. The minimum Gasteiger partial charge on any atom is -0.279 e. The molecule has 0 saturated heterocycles. The summed E-state index contributed by atoms with van der Waals surface area (Å²) in [6, 6.07) is 8.71. The van der Waals surface area contributed by atoms with Gasteiger partial charge in [-0.25, -0.2) is 8.42 Å². The SMILES string of the molecule is Cc1ccc(I)cc1NS(=O)(=O)c1cccnc1. The van der Waals surface area contributed by atoms with E-state index in [1.807, 2.05) is 19.1 Å². The average Bonchev–Trinajstić information content (AvgIpc) is 2.35. The summed E-state index contributed by atoms with van der Waals surface area (Å²) in [6.45, 7) is 1.86. The Morgan fingerprint density at radius 2 is 2.06 bits per heavy atom. The van der Waals surface area contributed by atoms with E-state index in [-0.39, 0.29) is 4.90 Å². The molecule has 6 heteroatoms. The molecule has 0 spiro atoms. The van der Waals surface area contributed by atoms with Gasteiger partial charge in [0.25, 0.3) is 10.0 Å². The number of halogens is 1. The highest BCUT2D eigenvalue weighted by Crippen LogP contribution is 2.21. The number of pyridine rings is 1. The summed E-state index contributed by atoms with van der Waals surface area (Å²) in [5, 5.41) is 0. The van der Waals surface area contributed by atoms with E-state index < -0.39 is 10.0 Å². The Hall–Kier alpha value is -1.15. The molecule has 18 heavy (non-hydrogen) atoms. The second kappa shape index (κ2) is 5.23. The Bertz CT molecular complexity index is 657. The van der Waals surface area contributed by atoms with Gasteiger partial charge in [-0.05, 0) is 59.3 Å². The van der Waals surface area contributed by atoms with Gasteiger partial charge in [0.2, 0.25) is 0 Å². The van der Waals surface area contributed by atoms with Crippen molar-refractivity contribution in [3.05, 3.63) is 51.9 Å². The number of hydrogen-bond acceptors (Lipinski definition) is 3. The minimum atomic E-state index is -3.57. The summed E-state index contributed by atoms with van der Waals surface area (Å²) < 4.78 is 27.8. The van der Waals surface area contributed by atoms with Crippen LogP contribution in [0.5, 0.6) is 0 Å². The van der Waals surface area contributed by atoms with Crippen LogP contribution in [-0.2, 0) is 10.0 Å². The van der Waals surface area contributed by atoms with Crippen LogP contribution in [0.25, 0.3) is 0 Å². The molecule has 0 amide bonds. The van der Waals surface area contributed by atoms with Crippen LogP contribution in [0.3, 0.4) is 0 Å². The lowest BCUT2D eigenvalue weighted by atomic mass is 10.2. The van der Waals surface area contributed by atoms with Crippen molar-refractivity contribution in [3.63, 3.8) is 0 Å². The van der Waals surface area contributed by atoms with Crippen molar-refractivity contribution >= 4 is 38.3 Å². The van der Waals surface area contributed by atoms with E-state index in [4.69, 9.17) is 0 Å². The molecular weight excluding hydrogens is 363 g/mol. The van der Waals surface area contributed by atoms with E-state index >= 15 is 0 Å². The number of nitrogens with one attached hydrogen (secondary N) is 1. The van der Waals surface area contributed by atoms with Crippen molar-refractivity contribution in [2.45, 2.75) is 11.8 Å². The zero-order chi connectivity index (χ0) is 13.2. The predicted octanol–water partition coefficient (Wildman–Crippen LogP) is 2.80. The molecule has 0 atom stereocenters. The fourth-order valence-corrected chi connectivity index (χ4v) is 2.99. The molecule has 1 heterocycles. The van der Waals surface area contributed by atoms with Crippen LogP contribution in [0.15, 0.2) is 47.6 Å². The van der Waals surface area contributed by atoms with Crippen LogP contribution >= 0.6 is 22.6 Å². The van der Waals surface area contributed by atoms with E-state index in [1.165, 1.54) is 18.5 Å². The van der Waals surface area contributed by atoms with Crippen molar-refractivity contribution in [1.82, 2.24) is 4.98 Å². The Morgan fingerprint density at radius 1 is 1.28 bits per heavy atom. The van der Waals surface area contributed by atoms with Crippen LogP contribution in [0, 0.1) is 10.5 Å². The van der Waals surface area contributed by atoms with Gasteiger partial charge >= 0.3 is 0 Å². The summed E-state index contributed by atoms with van der Waals surface area (Å²) in [5.41, 5.74) is 1.47. The number of hydrogen-bond donors (Lipinski definition) is 1.